The van der Waals surface area contributed by atoms with E-state index in [9.17, 15) is 0 Å². The van der Waals surface area contributed by atoms with Crippen LogP contribution < -0.4 is 5.32 Å². The van der Waals surface area contributed by atoms with E-state index in [1.807, 2.05) is 31.2 Å². The lowest BCUT2D eigenvalue weighted by Gasteiger charge is -2.05. The van der Waals surface area contributed by atoms with Gasteiger partial charge in [0.05, 0.1) is 5.69 Å². The first-order valence-electron chi connectivity index (χ1n) is 6.26. The van der Waals surface area contributed by atoms with Crippen molar-refractivity contribution in [2.45, 2.75) is 26.8 Å². The Hall–Kier alpha value is -1.81. The monoisotopic (exact) mass is 242 g/mol. The number of aryl methyl sites for hydroxylation is 1. The van der Waals surface area contributed by atoms with Crippen molar-refractivity contribution >= 4 is 0 Å². The summed E-state index contributed by atoms with van der Waals surface area (Å²) in [4.78, 5) is 13.2. The molecule has 0 spiro atoms. The van der Waals surface area contributed by atoms with Gasteiger partial charge in [0.2, 0.25) is 0 Å². The number of hydrogen-bond donors (Lipinski definition) is 1. The molecule has 0 saturated heterocycles. The molecule has 94 valence electrons. The fourth-order valence-electron chi connectivity index (χ4n) is 1.68. The first-order chi connectivity index (χ1) is 8.79. The molecule has 0 atom stereocenters. The Balaban J connectivity index is 2.16. The maximum Gasteiger partial charge on any atom is 0.178 e. The summed E-state index contributed by atoms with van der Waals surface area (Å²) in [6.45, 7) is 5.89. The molecular formula is C14H18N4. The molecule has 0 fully saturated rings. The zero-order chi connectivity index (χ0) is 12.8. The second-order valence-corrected chi connectivity index (χ2v) is 4.21. The normalized spacial score (nSPS) is 10.6. The molecule has 0 aliphatic carbocycles. The molecule has 0 amide bonds. The number of aromatic nitrogens is 3. The number of nitrogens with one attached hydrogen (secondary N) is 1. The molecule has 4 nitrogen and oxygen atoms in total. The maximum atomic E-state index is 4.52. The SMILES string of the molecule is CCCNCc1ccnc(-c2cccc(C)n2)n1. The molecule has 4 heteroatoms. The Kier molecular flexibility index (Phi) is 4.36. The first-order valence-corrected chi connectivity index (χ1v) is 6.26. The Labute approximate surface area is 108 Å². The predicted octanol–water partition coefficient (Wildman–Crippen LogP) is 2.35. The van der Waals surface area contributed by atoms with E-state index >= 15 is 0 Å². The molecule has 2 aromatic heterocycles. The summed E-state index contributed by atoms with van der Waals surface area (Å²) in [5.74, 6) is 0.689. The fourth-order valence-corrected chi connectivity index (χ4v) is 1.68. The minimum absolute atomic E-state index is 0.689. The molecule has 0 bridgehead atoms. The number of rotatable bonds is 5. The van der Waals surface area contributed by atoms with Crippen molar-refractivity contribution in [1.29, 1.82) is 0 Å². The van der Waals surface area contributed by atoms with E-state index in [-0.39, 0.29) is 0 Å². The highest BCUT2D eigenvalue weighted by Crippen LogP contribution is 2.12. The van der Waals surface area contributed by atoms with Crippen molar-refractivity contribution in [2.24, 2.45) is 0 Å². The standard InChI is InChI=1S/C14H18N4/c1-3-8-15-10-12-7-9-16-14(18-12)13-6-4-5-11(2)17-13/h4-7,9,15H,3,8,10H2,1-2H3. The molecule has 2 aromatic rings. The van der Waals surface area contributed by atoms with Gasteiger partial charge < -0.3 is 5.32 Å². The van der Waals surface area contributed by atoms with Crippen LogP contribution in [0.5, 0.6) is 0 Å². The average Bonchev–Trinajstić information content (AvgIpc) is 2.39. The molecule has 2 heterocycles. The van der Waals surface area contributed by atoms with Gasteiger partial charge in [-0.25, -0.2) is 15.0 Å². The summed E-state index contributed by atoms with van der Waals surface area (Å²) in [5, 5.41) is 3.33. The summed E-state index contributed by atoms with van der Waals surface area (Å²) < 4.78 is 0. The van der Waals surface area contributed by atoms with Crippen LogP contribution in [0.3, 0.4) is 0 Å². The van der Waals surface area contributed by atoms with Crippen molar-refractivity contribution in [3.05, 3.63) is 41.9 Å². The van der Waals surface area contributed by atoms with Gasteiger partial charge in [0.1, 0.15) is 5.69 Å². The molecule has 0 unspecified atom stereocenters. The lowest BCUT2D eigenvalue weighted by atomic mass is 10.3. The zero-order valence-electron chi connectivity index (χ0n) is 10.8. The third kappa shape index (κ3) is 3.34. The molecule has 1 N–H and O–H groups in total. The van der Waals surface area contributed by atoms with E-state index in [1.54, 1.807) is 6.20 Å². The molecule has 0 aliphatic heterocycles. The van der Waals surface area contributed by atoms with Gasteiger partial charge in [-0.3, -0.25) is 0 Å². The molecular weight excluding hydrogens is 224 g/mol. The molecule has 0 saturated carbocycles. The van der Waals surface area contributed by atoms with Gasteiger partial charge in [0.15, 0.2) is 5.82 Å². The summed E-state index contributed by atoms with van der Waals surface area (Å²) in [6, 6.07) is 7.81. The van der Waals surface area contributed by atoms with Gasteiger partial charge >= 0.3 is 0 Å². The van der Waals surface area contributed by atoms with E-state index in [0.29, 0.717) is 5.82 Å². The Morgan fingerprint density at radius 3 is 2.83 bits per heavy atom. The van der Waals surface area contributed by atoms with Crippen LogP contribution in [0.1, 0.15) is 24.7 Å². The van der Waals surface area contributed by atoms with E-state index < -0.39 is 0 Å². The van der Waals surface area contributed by atoms with Crippen LogP contribution in [0.15, 0.2) is 30.5 Å². The summed E-state index contributed by atoms with van der Waals surface area (Å²) in [5.41, 5.74) is 2.80. The van der Waals surface area contributed by atoms with Crippen molar-refractivity contribution in [1.82, 2.24) is 20.3 Å². The lowest BCUT2D eigenvalue weighted by molar-refractivity contribution is 0.663. The van der Waals surface area contributed by atoms with Crippen LogP contribution in [0.4, 0.5) is 0 Å². The van der Waals surface area contributed by atoms with Crippen LogP contribution in [0, 0.1) is 6.92 Å². The van der Waals surface area contributed by atoms with Crippen molar-refractivity contribution in [3.63, 3.8) is 0 Å². The molecule has 18 heavy (non-hydrogen) atoms. The number of nitrogens with zero attached hydrogens (tertiary/aromatic N) is 3. The molecule has 0 aliphatic rings. The van der Waals surface area contributed by atoms with Crippen molar-refractivity contribution in [2.75, 3.05) is 6.54 Å². The summed E-state index contributed by atoms with van der Waals surface area (Å²) in [7, 11) is 0. The smallest absolute Gasteiger partial charge is 0.178 e. The third-order valence-electron chi connectivity index (χ3n) is 2.56. The van der Waals surface area contributed by atoms with E-state index in [0.717, 1.165) is 36.6 Å². The lowest BCUT2D eigenvalue weighted by Crippen LogP contribution is -2.15. The highest BCUT2D eigenvalue weighted by atomic mass is 14.9. The van der Waals surface area contributed by atoms with Gasteiger partial charge in [-0.1, -0.05) is 13.0 Å². The first kappa shape index (κ1) is 12.6. The predicted molar refractivity (Wildman–Crippen MR) is 72.0 cm³/mol. The van der Waals surface area contributed by atoms with Crippen LogP contribution in [0.2, 0.25) is 0 Å². The van der Waals surface area contributed by atoms with Gasteiger partial charge in [0, 0.05) is 18.4 Å². The number of hydrogen-bond acceptors (Lipinski definition) is 4. The van der Waals surface area contributed by atoms with Gasteiger partial charge in [-0.2, -0.15) is 0 Å². The van der Waals surface area contributed by atoms with E-state index in [4.69, 9.17) is 0 Å². The quantitative estimate of drug-likeness (QED) is 0.818. The Bertz CT molecular complexity index is 511. The highest BCUT2D eigenvalue weighted by molar-refractivity contribution is 5.48. The van der Waals surface area contributed by atoms with Gasteiger partial charge in [-0.05, 0) is 38.1 Å². The second kappa shape index (κ2) is 6.21. The Morgan fingerprint density at radius 1 is 1.17 bits per heavy atom. The minimum atomic E-state index is 0.689. The fraction of sp³-hybridized carbons (Fsp3) is 0.357. The van der Waals surface area contributed by atoms with Gasteiger partial charge in [0.25, 0.3) is 0 Å². The van der Waals surface area contributed by atoms with Gasteiger partial charge in [-0.15, -0.1) is 0 Å². The van der Waals surface area contributed by atoms with Crippen molar-refractivity contribution < 1.29 is 0 Å². The van der Waals surface area contributed by atoms with Crippen LogP contribution >= 0.6 is 0 Å². The molecule has 2 rings (SSSR count). The van der Waals surface area contributed by atoms with Crippen LogP contribution in [-0.2, 0) is 6.54 Å². The van der Waals surface area contributed by atoms with Crippen molar-refractivity contribution in [3.8, 4) is 11.5 Å². The highest BCUT2D eigenvalue weighted by Gasteiger charge is 2.04. The third-order valence-corrected chi connectivity index (χ3v) is 2.56. The average molecular weight is 242 g/mol. The van der Waals surface area contributed by atoms with E-state index in [1.165, 1.54) is 0 Å². The molecule has 0 radical (unpaired) electrons. The van der Waals surface area contributed by atoms with E-state index in [2.05, 4.69) is 27.2 Å². The molecule has 0 aromatic carbocycles. The summed E-state index contributed by atoms with van der Waals surface area (Å²) >= 11 is 0. The maximum absolute atomic E-state index is 4.52. The minimum Gasteiger partial charge on any atom is -0.311 e. The Morgan fingerprint density at radius 2 is 2.06 bits per heavy atom. The van der Waals surface area contributed by atoms with Crippen LogP contribution in [-0.4, -0.2) is 21.5 Å². The zero-order valence-corrected chi connectivity index (χ0v) is 10.8. The largest absolute Gasteiger partial charge is 0.311 e. The number of pyridine rings is 1. The second-order valence-electron chi connectivity index (χ2n) is 4.21. The van der Waals surface area contributed by atoms with Crippen LogP contribution in [0.25, 0.3) is 11.5 Å². The topological polar surface area (TPSA) is 50.7 Å². The summed E-state index contributed by atoms with van der Waals surface area (Å²) in [6.07, 6.45) is 2.91.